The average Bonchev–Trinajstić information content (AvgIpc) is 2.96. The van der Waals surface area contributed by atoms with Crippen molar-refractivity contribution in [2.75, 3.05) is 18.7 Å². The van der Waals surface area contributed by atoms with Gasteiger partial charge in [-0.15, -0.1) is 11.8 Å². The lowest BCUT2D eigenvalue weighted by atomic mass is 9.98. The van der Waals surface area contributed by atoms with Gasteiger partial charge in [0, 0.05) is 5.75 Å². The number of hydrogen-bond acceptors (Lipinski definition) is 5. The minimum absolute atomic E-state index is 0.195. The van der Waals surface area contributed by atoms with E-state index >= 15 is 0 Å². The van der Waals surface area contributed by atoms with Crippen LogP contribution in [0.5, 0.6) is 0 Å². The summed E-state index contributed by atoms with van der Waals surface area (Å²) < 4.78 is 4.73. The van der Waals surface area contributed by atoms with E-state index in [1.54, 1.807) is 26.8 Å². The molecule has 0 aliphatic carbocycles. The topological polar surface area (TPSA) is 75.7 Å². The highest BCUT2D eigenvalue weighted by Crippen LogP contribution is 2.22. The van der Waals surface area contributed by atoms with E-state index in [2.05, 4.69) is 5.32 Å². The van der Waals surface area contributed by atoms with Gasteiger partial charge in [-0.25, -0.2) is 4.79 Å². The molecule has 0 unspecified atom stereocenters. The highest BCUT2D eigenvalue weighted by molar-refractivity contribution is 7.99. The first-order valence-electron chi connectivity index (χ1n) is 6.81. The highest BCUT2D eigenvalue weighted by Gasteiger charge is 2.40. The smallest absolute Gasteiger partial charge is 0.331 e. The number of ether oxygens (including phenoxy) is 1. The molecule has 0 bridgehead atoms. The molecule has 21 heavy (non-hydrogen) atoms. The number of hydrogen-bond donors (Lipinski definition) is 1. The summed E-state index contributed by atoms with van der Waals surface area (Å²) in [5, 5.41) is 2.72. The Hall–Kier alpha value is -1.50. The van der Waals surface area contributed by atoms with Gasteiger partial charge in [0.05, 0.1) is 13.0 Å². The zero-order valence-electron chi connectivity index (χ0n) is 12.8. The molecule has 0 aromatic heterocycles. The lowest BCUT2D eigenvalue weighted by Gasteiger charge is -2.30. The molecule has 0 aromatic rings. The molecule has 1 aliphatic rings. The van der Waals surface area contributed by atoms with Gasteiger partial charge in [0.1, 0.15) is 11.6 Å². The summed E-state index contributed by atoms with van der Waals surface area (Å²) in [7, 11) is 1.29. The van der Waals surface area contributed by atoms with Crippen molar-refractivity contribution in [1.29, 1.82) is 0 Å². The van der Waals surface area contributed by atoms with Gasteiger partial charge in [0.25, 0.3) is 0 Å². The number of rotatable bonds is 5. The number of methoxy groups -OCH3 is 1. The van der Waals surface area contributed by atoms with Crippen LogP contribution in [-0.2, 0) is 19.1 Å². The van der Waals surface area contributed by atoms with Crippen LogP contribution < -0.4 is 5.32 Å². The van der Waals surface area contributed by atoms with Crippen molar-refractivity contribution >= 4 is 29.5 Å². The Balaban J connectivity index is 2.82. The van der Waals surface area contributed by atoms with Crippen LogP contribution in [0.25, 0.3) is 0 Å². The second-order valence-corrected chi connectivity index (χ2v) is 5.99. The van der Waals surface area contributed by atoms with Crippen LogP contribution >= 0.6 is 11.8 Å². The van der Waals surface area contributed by atoms with E-state index in [1.807, 2.05) is 0 Å². The Morgan fingerprint density at radius 1 is 1.48 bits per heavy atom. The quantitative estimate of drug-likeness (QED) is 0.603. The Labute approximate surface area is 129 Å². The maximum Gasteiger partial charge on any atom is 0.331 e. The fraction of sp³-hybridized carbons (Fsp3) is 0.643. The molecule has 2 amide bonds. The lowest BCUT2D eigenvalue weighted by molar-refractivity contribution is -0.151. The minimum atomic E-state index is -1.07. The van der Waals surface area contributed by atoms with Gasteiger partial charge in [-0.1, -0.05) is 13.0 Å². The molecule has 1 rings (SSSR count). The van der Waals surface area contributed by atoms with Crippen molar-refractivity contribution in [3.63, 3.8) is 0 Å². The van der Waals surface area contributed by atoms with E-state index < -0.39 is 17.6 Å². The van der Waals surface area contributed by atoms with E-state index in [-0.39, 0.29) is 11.8 Å². The molecule has 1 heterocycles. The molecular formula is C14H22N2O4S. The molecule has 1 saturated heterocycles. The van der Waals surface area contributed by atoms with Gasteiger partial charge < -0.3 is 15.0 Å². The molecule has 7 heteroatoms. The third kappa shape index (κ3) is 4.00. The SMILES string of the molecule is C/C=C/C(=O)N1CSC[C@@H]1C(=O)N[C@@](C)(CC)C(=O)OC. The Kier molecular flexibility index (Phi) is 6.26. The Bertz CT molecular complexity index is 452. The van der Waals surface area contributed by atoms with Crippen molar-refractivity contribution < 1.29 is 19.1 Å². The van der Waals surface area contributed by atoms with E-state index in [1.165, 1.54) is 29.8 Å². The van der Waals surface area contributed by atoms with Gasteiger partial charge in [-0.05, 0) is 26.3 Å². The maximum absolute atomic E-state index is 12.4. The van der Waals surface area contributed by atoms with Gasteiger partial charge in [0.15, 0.2) is 0 Å². The van der Waals surface area contributed by atoms with Gasteiger partial charge in [-0.3, -0.25) is 9.59 Å². The number of nitrogens with zero attached hydrogens (tertiary/aromatic N) is 1. The predicted molar refractivity (Wildman–Crippen MR) is 81.6 cm³/mol. The van der Waals surface area contributed by atoms with Crippen molar-refractivity contribution in [2.45, 2.75) is 38.8 Å². The van der Waals surface area contributed by atoms with E-state index in [0.717, 1.165) is 0 Å². The largest absolute Gasteiger partial charge is 0.467 e. The number of amides is 2. The third-order valence-corrected chi connectivity index (χ3v) is 4.53. The molecule has 118 valence electrons. The molecule has 6 nitrogen and oxygen atoms in total. The summed E-state index contributed by atoms with van der Waals surface area (Å²) in [5.74, 6) is -0.0137. The number of nitrogens with one attached hydrogen (secondary N) is 1. The molecule has 0 spiro atoms. The van der Waals surface area contributed by atoms with E-state index in [9.17, 15) is 14.4 Å². The molecule has 0 aromatic carbocycles. The first-order chi connectivity index (χ1) is 9.89. The molecule has 0 radical (unpaired) electrons. The van der Waals surface area contributed by atoms with Crippen LogP contribution in [0.1, 0.15) is 27.2 Å². The highest BCUT2D eigenvalue weighted by atomic mass is 32.2. The molecular weight excluding hydrogens is 292 g/mol. The maximum atomic E-state index is 12.4. The van der Waals surface area contributed by atoms with Gasteiger partial charge in [-0.2, -0.15) is 0 Å². The Morgan fingerprint density at radius 3 is 2.67 bits per heavy atom. The Morgan fingerprint density at radius 2 is 2.14 bits per heavy atom. The van der Waals surface area contributed by atoms with Crippen LogP contribution in [-0.4, -0.2) is 53.0 Å². The lowest BCUT2D eigenvalue weighted by Crippen LogP contribution is -2.57. The number of carbonyl (C=O) groups excluding carboxylic acids is 3. The fourth-order valence-corrected chi connectivity index (χ4v) is 3.14. The molecule has 2 atom stereocenters. The average molecular weight is 314 g/mol. The van der Waals surface area contributed by atoms with Crippen molar-refractivity contribution in [3.8, 4) is 0 Å². The molecule has 0 saturated carbocycles. The normalized spacial score (nSPS) is 21.1. The summed E-state index contributed by atoms with van der Waals surface area (Å²) in [5.41, 5.74) is -1.07. The standard InChI is InChI=1S/C14H22N2O4S/c1-5-7-11(17)16-9-21-8-10(16)12(18)15-14(3,6-2)13(19)20-4/h5,7,10H,6,8-9H2,1-4H3,(H,15,18)/b7-5+/t10-,14+/m1/s1. The van der Waals surface area contributed by atoms with E-state index in [0.29, 0.717) is 18.1 Å². The summed E-state index contributed by atoms with van der Waals surface area (Å²) in [6.45, 7) is 5.17. The summed E-state index contributed by atoms with van der Waals surface area (Å²) >= 11 is 1.51. The summed E-state index contributed by atoms with van der Waals surface area (Å²) in [6.07, 6.45) is 3.49. The number of thioether (sulfide) groups is 1. The van der Waals surface area contributed by atoms with Crippen LogP contribution in [0, 0.1) is 0 Å². The minimum Gasteiger partial charge on any atom is -0.467 e. The van der Waals surface area contributed by atoms with Gasteiger partial charge >= 0.3 is 5.97 Å². The van der Waals surface area contributed by atoms with Crippen molar-refractivity contribution in [3.05, 3.63) is 12.2 Å². The van der Waals surface area contributed by atoms with Crippen LogP contribution in [0.3, 0.4) is 0 Å². The molecule has 1 N–H and O–H groups in total. The summed E-state index contributed by atoms with van der Waals surface area (Å²) in [6, 6.07) is -0.561. The second kappa shape index (κ2) is 7.49. The molecule has 1 fully saturated rings. The van der Waals surface area contributed by atoms with Gasteiger partial charge in [0.2, 0.25) is 11.8 Å². The summed E-state index contributed by atoms with van der Waals surface area (Å²) in [4.78, 5) is 37.7. The fourth-order valence-electron chi connectivity index (χ4n) is 1.98. The third-order valence-electron chi connectivity index (χ3n) is 3.52. The van der Waals surface area contributed by atoms with E-state index in [4.69, 9.17) is 4.74 Å². The first kappa shape index (κ1) is 17.6. The molecule has 1 aliphatic heterocycles. The zero-order valence-corrected chi connectivity index (χ0v) is 13.7. The number of allylic oxidation sites excluding steroid dienone is 1. The van der Waals surface area contributed by atoms with Crippen molar-refractivity contribution in [2.24, 2.45) is 0 Å². The van der Waals surface area contributed by atoms with Crippen LogP contribution in [0.15, 0.2) is 12.2 Å². The van der Waals surface area contributed by atoms with Crippen LogP contribution in [0.2, 0.25) is 0 Å². The first-order valence-corrected chi connectivity index (χ1v) is 7.96. The number of carbonyl (C=O) groups is 3. The van der Waals surface area contributed by atoms with Crippen molar-refractivity contribution in [1.82, 2.24) is 10.2 Å². The predicted octanol–water partition coefficient (Wildman–Crippen LogP) is 0.922. The second-order valence-electron chi connectivity index (χ2n) is 4.99. The zero-order chi connectivity index (χ0) is 16.0. The number of esters is 1. The monoisotopic (exact) mass is 314 g/mol. The van der Waals surface area contributed by atoms with Crippen LogP contribution in [0.4, 0.5) is 0 Å².